The Labute approximate surface area is 136 Å². The minimum Gasteiger partial charge on any atom is -0.507 e. The topological polar surface area (TPSA) is 61.7 Å². The Morgan fingerprint density at radius 1 is 1.09 bits per heavy atom. The van der Waals surface area contributed by atoms with E-state index in [0.29, 0.717) is 11.3 Å². The summed E-state index contributed by atoms with van der Waals surface area (Å²) >= 11 is 0. The van der Waals surface area contributed by atoms with Gasteiger partial charge in [-0.15, -0.1) is 0 Å². The number of phenolic OH excluding ortho intramolecular Hbond substituents is 1. The quantitative estimate of drug-likeness (QED) is 0.671. The lowest BCUT2D eigenvalue weighted by molar-refractivity contribution is -0.120. The molecule has 1 amide bonds. The smallest absolute Gasteiger partial charge is 0.244 e. The molecule has 0 aliphatic rings. The van der Waals surface area contributed by atoms with Crippen molar-refractivity contribution >= 4 is 11.6 Å². The number of hydrogen-bond donors (Lipinski definition) is 2. The number of amides is 1. The molecule has 120 valence electrons. The number of rotatable bonds is 4. The second-order valence-electron chi connectivity index (χ2n) is 5.86. The van der Waals surface area contributed by atoms with E-state index < -0.39 is 0 Å². The summed E-state index contributed by atoms with van der Waals surface area (Å²) in [6, 6.07) is 11.4. The van der Waals surface area contributed by atoms with Crippen LogP contribution in [0.25, 0.3) is 0 Å². The summed E-state index contributed by atoms with van der Waals surface area (Å²) in [6.07, 6.45) is 0.281. The molecule has 0 atom stereocenters. The van der Waals surface area contributed by atoms with Crippen molar-refractivity contribution in [1.29, 1.82) is 0 Å². The second kappa shape index (κ2) is 7.09. The van der Waals surface area contributed by atoms with E-state index in [1.807, 2.05) is 39.0 Å². The molecule has 0 unspecified atom stereocenters. The Balaban J connectivity index is 2.05. The summed E-state index contributed by atoms with van der Waals surface area (Å²) in [5, 5.41) is 14.0. The monoisotopic (exact) mass is 310 g/mol. The van der Waals surface area contributed by atoms with Crippen molar-refractivity contribution in [2.45, 2.75) is 34.1 Å². The van der Waals surface area contributed by atoms with Crippen LogP contribution in [0.1, 0.15) is 34.7 Å². The molecule has 0 fully saturated rings. The summed E-state index contributed by atoms with van der Waals surface area (Å²) in [5.74, 6) is -0.0159. The SMILES string of the molecule is C/C(=N/NC(=O)Cc1ccc(C)cc1C)c1ccc(C)cc1O. The van der Waals surface area contributed by atoms with Crippen molar-refractivity contribution in [3.63, 3.8) is 0 Å². The van der Waals surface area contributed by atoms with Crippen LogP contribution in [-0.2, 0) is 11.2 Å². The van der Waals surface area contributed by atoms with Gasteiger partial charge in [-0.3, -0.25) is 4.79 Å². The molecule has 0 heterocycles. The predicted molar refractivity (Wildman–Crippen MR) is 92.8 cm³/mol. The third-order valence-corrected chi connectivity index (χ3v) is 3.74. The Kier molecular flexibility index (Phi) is 5.16. The normalized spacial score (nSPS) is 11.4. The zero-order valence-corrected chi connectivity index (χ0v) is 14.0. The number of aryl methyl sites for hydroxylation is 3. The number of hydrazone groups is 1. The molecule has 0 saturated heterocycles. The molecule has 2 rings (SSSR count). The van der Waals surface area contributed by atoms with Crippen molar-refractivity contribution in [1.82, 2.24) is 5.43 Å². The Morgan fingerprint density at radius 3 is 2.39 bits per heavy atom. The Morgan fingerprint density at radius 2 is 1.74 bits per heavy atom. The van der Waals surface area contributed by atoms with Crippen LogP contribution in [0.15, 0.2) is 41.5 Å². The molecule has 0 aliphatic heterocycles. The summed E-state index contributed by atoms with van der Waals surface area (Å²) in [5.41, 5.74) is 7.96. The molecule has 2 N–H and O–H groups in total. The Hall–Kier alpha value is -2.62. The average Bonchev–Trinajstić information content (AvgIpc) is 2.48. The second-order valence-corrected chi connectivity index (χ2v) is 5.86. The van der Waals surface area contributed by atoms with Gasteiger partial charge in [0, 0.05) is 5.56 Å². The number of benzene rings is 2. The lowest BCUT2D eigenvalue weighted by Crippen LogP contribution is -2.21. The zero-order valence-electron chi connectivity index (χ0n) is 14.0. The first kappa shape index (κ1) is 16.7. The predicted octanol–water partition coefficient (Wildman–Crippen LogP) is 3.40. The Bertz CT molecular complexity index is 764. The molecule has 2 aromatic carbocycles. The van der Waals surface area contributed by atoms with Gasteiger partial charge in [-0.2, -0.15) is 5.10 Å². The van der Waals surface area contributed by atoms with Gasteiger partial charge in [0.2, 0.25) is 5.91 Å². The lowest BCUT2D eigenvalue weighted by Gasteiger charge is -2.08. The molecule has 0 saturated carbocycles. The molecule has 4 heteroatoms. The summed E-state index contributed by atoms with van der Waals surface area (Å²) in [6.45, 7) is 7.68. The number of nitrogens with zero attached hydrogens (tertiary/aromatic N) is 1. The van der Waals surface area contributed by atoms with Gasteiger partial charge in [-0.05, 0) is 56.5 Å². The van der Waals surface area contributed by atoms with Crippen LogP contribution in [0.4, 0.5) is 0 Å². The maximum Gasteiger partial charge on any atom is 0.244 e. The van der Waals surface area contributed by atoms with Gasteiger partial charge in [-0.25, -0.2) is 5.43 Å². The fourth-order valence-electron chi connectivity index (χ4n) is 2.41. The van der Waals surface area contributed by atoms with Gasteiger partial charge in [0.15, 0.2) is 0 Å². The van der Waals surface area contributed by atoms with Crippen LogP contribution in [0.2, 0.25) is 0 Å². The van der Waals surface area contributed by atoms with E-state index in [1.165, 1.54) is 5.56 Å². The van der Waals surface area contributed by atoms with Crippen molar-refractivity contribution < 1.29 is 9.90 Å². The number of carbonyl (C=O) groups is 1. The van der Waals surface area contributed by atoms with E-state index in [9.17, 15) is 9.90 Å². The molecular formula is C19H22N2O2. The van der Waals surface area contributed by atoms with Crippen molar-refractivity contribution in [2.75, 3.05) is 0 Å². The van der Waals surface area contributed by atoms with Gasteiger partial charge in [0.05, 0.1) is 12.1 Å². The molecule has 2 aromatic rings. The minimum absolute atomic E-state index is 0.162. The minimum atomic E-state index is -0.178. The third-order valence-electron chi connectivity index (χ3n) is 3.74. The highest BCUT2D eigenvalue weighted by molar-refractivity contribution is 6.01. The maximum absolute atomic E-state index is 12.0. The first-order chi connectivity index (χ1) is 10.9. The van der Waals surface area contributed by atoms with Crippen molar-refractivity contribution in [2.24, 2.45) is 5.10 Å². The molecule has 0 aliphatic carbocycles. The standard InChI is InChI=1S/C19H22N2O2/c1-12-5-7-16(14(3)9-12)11-19(23)21-20-15(4)17-8-6-13(2)10-18(17)22/h5-10,22H,11H2,1-4H3,(H,21,23)/b20-15-. The largest absolute Gasteiger partial charge is 0.507 e. The summed E-state index contributed by atoms with van der Waals surface area (Å²) < 4.78 is 0. The fraction of sp³-hybridized carbons (Fsp3) is 0.263. The number of aromatic hydroxyl groups is 1. The third kappa shape index (κ3) is 4.42. The molecule has 0 aromatic heterocycles. The first-order valence-electron chi connectivity index (χ1n) is 7.56. The molecule has 0 spiro atoms. The van der Waals surface area contributed by atoms with E-state index in [1.54, 1.807) is 19.1 Å². The van der Waals surface area contributed by atoms with Crippen LogP contribution < -0.4 is 5.43 Å². The van der Waals surface area contributed by atoms with Gasteiger partial charge in [-0.1, -0.05) is 29.8 Å². The van der Waals surface area contributed by atoms with E-state index in [4.69, 9.17) is 0 Å². The highest BCUT2D eigenvalue weighted by atomic mass is 16.3. The molecule has 4 nitrogen and oxygen atoms in total. The van der Waals surface area contributed by atoms with Crippen molar-refractivity contribution in [3.05, 3.63) is 64.2 Å². The summed E-state index contributed by atoms with van der Waals surface area (Å²) in [7, 11) is 0. The van der Waals surface area contributed by atoms with Crippen LogP contribution in [0.3, 0.4) is 0 Å². The molecule has 0 radical (unpaired) electrons. The average molecular weight is 310 g/mol. The maximum atomic E-state index is 12.0. The van der Waals surface area contributed by atoms with E-state index in [-0.39, 0.29) is 18.1 Å². The zero-order chi connectivity index (χ0) is 17.0. The first-order valence-corrected chi connectivity index (χ1v) is 7.56. The summed E-state index contributed by atoms with van der Waals surface area (Å²) in [4.78, 5) is 12.0. The fourth-order valence-corrected chi connectivity index (χ4v) is 2.41. The molecular weight excluding hydrogens is 288 g/mol. The van der Waals surface area contributed by atoms with Crippen LogP contribution in [0, 0.1) is 20.8 Å². The van der Waals surface area contributed by atoms with E-state index in [0.717, 1.165) is 16.7 Å². The van der Waals surface area contributed by atoms with Crippen molar-refractivity contribution in [3.8, 4) is 5.75 Å². The van der Waals surface area contributed by atoms with E-state index >= 15 is 0 Å². The number of nitrogens with one attached hydrogen (secondary N) is 1. The van der Waals surface area contributed by atoms with Gasteiger partial charge in [0.1, 0.15) is 5.75 Å². The van der Waals surface area contributed by atoms with Gasteiger partial charge < -0.3 is 5.11 Å². The van der Waals surface area contributed by atoms with E-state index in [2.05, 4.69) is 16.6 Å². The van der Waals surface area contributed by atoms with Gasteiger partial charge >= 0.3 is 0 Å². The van der Waals surface area contributed by atoms with Crippen LogP contribution >= 0.6 is 0 Å². The number of phenols is 1. The van der Waals surface area contributed by atoms with Crippen LogP contribution in [0.5, 0.6) is 5.75 Å². The molecule has 0 bridgehead atoms. The highest BCUT2D eigenvalue weighted by Crippen LogP contribution is 2.19. The van der Waals surface area contributed by atoms with Crippen LogP contribution in [-0.4, -0.2) is 16.7 Å². The number of carbonyl (C=O) groups excluding carboxylic acids is 1. The highest BCUT2D eigenvalue weighted by Gasteiger charge is 2.08. The van der Waals surface area contributed by atoms with Gasteiger partial charge in [0.25, 0.3) is 0 Å². The number of hydrogen-bond acceptors (Lipinski definition) is 3. The lowest BCUT2D eigenvalue weighted by atomic mass is 10.0. The molecule has 23 heavy (non-hydrogen) atoms.